The minimum absolute atomic E-state index is 0.0636. The normalized spacial score (nSPS) is 11.0. The van der Waals surface area contributed by atoms with E-state index in [9.17, 15) is 9.18 Å². The van der Waals surface area contributed by atoms with Crippen LogP contribution in [0.15, 0.2) is 71.3 Å². The van der Waals surface area contributed by atoms with Gasteiger partial charge in [0.25, 0.3) is 0 Å². The Labute approximate surface area is 176 Å². The minimum Gasteiger partial charge on any atom is -0.326 e. The molecule has 0 spiro atoms. The number of nitrogens with zero attached hydrogens (tertiary/aromatic N) is 2. The summed E-state index contributed by atoms with van der Waals surface area (Å²) in [6.45, 7) is 1.96. The summed E-state index contributed by atoms with van der Waals surface area (Å²) in [6.07, 6.45) is 2.76. The van der Waals surface area contributed by atoms with Crippen molar-refractivity contribution in [2.24, 2.45) is 0 Å². The summed E-state index contributed by atoms with van der Waals surface area (Å²) in [4.78, 5) is 17.3. The van der Waals surface area contributed by atoms with Crippen molar-refractivity contribution >= 4 is 33.2 Å². The summed E-state index contributed by atoms with van der Waals surface area (Å²) < 4.78 is 16.3. The fourth-order valence-electron chi connectivity index (χ4n) is 3.34. The van der Waals surface area contributed by atoms with Crippen molar-refractivity contribution in [1.82, 2.24) is 9.38 Å². The van der Waals surface area contributed by atoms with E-state index >= 15 is 0 Å². The third-order valence-corrected chi connectivity index (χ3v) is 5.29. The molecule has 0 unspecified atom stereocenters. The van der Waals surface area contributed by atoms with E-state index in [0.29, 0.717) is 12.8 Å². The molecule has 0 saturated heterocycles. The molecule has 0 aliphatic carbocycles. The molecule has 2 heterocycles. The molecule has 6 heteroatoms. The molecule has 2 aromatic carbocycles. The minimum atomic E-state index is -0.289. The average Bonchev–Trinajstić information content (AvgIpc) is 3.08. The standard InChI is InChI=1S/C23H19BrFN3O/c1-15-14-17(24)7-10-19(15)26-22(29)12-11-20-23(16-5-8-18(25)9-6-16)27-21-4-2-3-13-28(20)21/h2-10,13-14H,11-12H2,1H3,(H,26,29). The molecule has 4 aromatic rings. The van der Waals surface area contributed by atoms with Crippen LogP contribution in [0.1, 0.15) is 17.7 Å². The number of aromatic nitrogens is 2. The van der Waals surface area contributed by atoms with E-state index in [1.165, 1.54) is 12.1 Å². The molecule has 4 nitrogen and oxygen atoms in total. The number of nitrogens with one attached hydrogen (secondary N) is 1. The quantitative estimate of drug-likeness (QED) is 0.417. The summed E-state index contributed by atoms with van der Waals surface area (Å²) in [6, 6.07) is 17.8. The van der Waals surface area contributed by atoms with E-state index < -0.39 is 0 Å². The molecular formula is C23H19BrFN3O. The first-order valence-electron chi connectivity index (χ1n) is 9.29. The maximum absolute atomic E-state index is 13.3. The molecular weight excluding hydrogens is 433 g/mol. The maximum Gasteiger partial charge on any atom is 0.224 e. The molecule has 0 fully saturated rings. The van der Waals surface area contributed by atoms with E-state index in [-0.39, 0.29) is 11.7 Å². The second-order valence-electron chi connectivity index (χ2n) is 6.85. The van der Waals surface area contributed by atoms with E-state index in [2.05, 4.69) is 21.2 Å². The van der Waals surface area contributed by atoms with E-state index in [4.69, 9.17) is 4.98 Å². The summed E-state index contributed by atoms with van der Waals surface area (Å²) in [5.74, 6) is -0.352. The average molecular weight is 452 g/mol. The van der Waals surface area contributed by atoms with Gasteiger partial charge in [-0.25, -0.2) is 9.37 Å². The predicted octanol–water partition coefficient (Wildman–Crippen LogP) is 5.78. The van der Waals surface area contributed by atoms with Crippen LogP contribution in [-0.2, 0) is 11.2 Å². The zero-order valence-corrected chi connectivity index (χ0v) is 17.4. The molecule has 0 aliphatic rings. The Balaban J connectivity index is 1.59. The van der Waals surface area contributed by atoms with Gasteiger partial charge >= 0.3 is 0 Å². The number of aryl methyl sites for hydroxylation is 2. The van der Waals surface area contributed by atoms with Gasteiger partial charge in [-0.15, -0.1) is 0 Å². The molecule has 2 aromatic heterocycles. The molecule has 29 heavy (non-hydrogen) atoms. The number of anilines is 1. The van der Waals surface area contributed by atoms with Crippen molar-refractivity contribution in [1.29, 1.82) is 0 Å². The molecule has 0 aliphatic heterocycles. The van der Waals surface area contributed by atoms with E-state index in [1.807, 2.05) is 53.9 Å². The number of pyridine rings is 1. The van der Waals surface area contributed by atoms with Crippen LogP contribution >= 0.6 is 15.9 Å². The Hall–Kier alpha value is -2.99. The first kappa shape index (κ1) is 19.3. The summed E-state index contributed by atoms with van der Waals surface area (Å²) >= 11 is 3.43. The third kappa shape index (κ3) is 4.22. The van der Waals surface area contributed by atoms with Crippen molar-refractivity contribution in [3.05, 3.63) is 88.4 Å². The molecule has 0 radical (unpaired) electrons. The largest absolute Gasteiger partial charge is 0.326 e. The van der Waals surface area contributed by atoms with Gasteiger partial charge in [-0.2, -0.15) is 0 Å². The van der Waals surface area contributed by atoms with Gasteiger partial charge in [0.2, 0.25) is 5.91 Å². The van der Waals surface area contributed by atoms with Crippen LogP contribution in [0, 0.1) is 12.7 Å². The zero-order valence-electron chi connectivity index (χ0n) is 15.8. The van der Waals surface area contributed by atoms with Gasteiger partial charge in [0, 0.05) is 28.3 Å². The Bertz CT molecular complexity index is 1180. The summed E-state index contributed by atoms with van der Waals surface area (Å²) in [5, 5.41) is 2.98. The summed E-state index contributed by atoms with van der Waals surface area (Å²) in [5.41, 5.74) is 5.11. The lowest BCUT2D eigenvalue weighted by Gasteiger charge is -2.09. The number of benzene rings is 2. The van der Waals surface area contributed by atoms with Crippen LogP contribution in [-0.4, -0.2) is 15.3 Å². The van der Waals surface area contributed by atoms with Crippen molar-refractivity contribution in [2.75, 3.05) is 5.32 Å². The lowest BCUT2D eigenvalue weighted by atomic mass is 10.1. The van der Waals surface area contributed by atoms with Gasteiger partial charge in [-0.05, 0) is 73.5 Å². The fraction of sp³-hybridized carbons (Fsp3) is 0.130. The van der Waals surface area contributed by atoms with Gasteiger partial charge in [-0.1, -0.05) is 22.0 Å². The Kier molecular flexibility index (Phi) is 5.45. The van der Waals surface area contributed by atoms with Crippen LogP contribution in [0.25, 0.3) is 16.9 Å². The van der Waals surface area contributed by atoms with Crippen molar-refractivity contribution in [3.8, 4) is 11.3 Å². The number of imidazole rings is 1. The molecule has 146 valence electrons. The van der Waals surface area contributed by atoms with Crippen LogP contribution in [0.4, 0.5) is 10.1 Å². The Morgan fingerprint density at radius 2 is 1.93 bits per heavy atom. The topological polar surface area (TPSA) is 46.4 Å². The van der Waals surface area contributed by atoms with Crippen molar-refractivity contribution in [2.45, 2.75) is 19.8 Å². The number of carbonyl (C=O) groups excluding carboxylic acids is 1. The van der Waals surface area contributed by atoms with Gasteiger partial charge in [0.15, 0.2) is 0 Å². The lowest BCUT2D eigenvalue weighted by molar-refractivity contribution is -0.116. The second-order valence-corrected chi connectivity index (χ2v) is 7.77. The molecule has 1 amide bonds. The van der Waals surface area contributed by atoms with Crippen molar-refractivity contribution in [3.63, 3.8) is 0 Å². The molecule has 4 rings (SSSR count). The van der Waals surface area contributed by atoms with Crippen LogP contribution in [0.3, 0.4) is 0 Å². The number of hydrogen-bond donors (Lipinski definition) is 1. The zero-order chi connectivity index (χ0) is 20.4. The monoisotopic (exact) mass is 451 g/mol. The first-order chi connectivity index (χ1) is 14.0. The summed E-state index contributed by atoms with van der Waals surface area (Å²) in [7, 11) is 0. The number of hydrogen-bond acceptors (Lipinski definition) is 2. The number of rotatable bonds is 5. The predicted molar refractivity (Wildman–Crippen MR) is 116 cm³/mol. The van der Waals surface area contributed by atoms with Gasteiger partial charge in [0.05, 0.1) is 11.4 Å². The van der Waals surface area contributed by atoms with Gasteiger partial charge < -0.3 is 9.72 Å². The van der Waals surface area contributed by atoms with E-state index in [0.717, 1.165) is 38.3 Å². The highest BCUT2D eigenvalue weighted by Crippen LogP contribution is 2.26. The number of carbonyl (C=O) groups is 1. The third-order valence-electron chi connectivity index (χ3n) is 4.80. The highest BCUT2D eigenvalue weighted by atomic mass is 79.9. The van der Waals surface area contributed by atoms with Gasteiger partial charge in [0.1, 0.15) is 11.5 Å². The van der Waals surface area contributed by atoms with E-state index in [1.54, 1.807) is 12.1 Å². The Morgan fingerprint density at radius 1 is 1.14 bits per heavy atom. The second kappa shape index (κ2) is 8.17. The number of amides is 1. The van der Waals surface area contributed by atoms with Crippen LogP contribution in [0.2, 0.25) is 0 Å². The molecule has 0 saturated carbocycles. The highest BCUT2D eigenvalue weighted by Gasteiger charge is 2.15. The first-order valence-corrected chi connectivity index (χ1v) is 10.1. The molecule has 1 N–H and O–H groups in total. The Morgan fingerprint density at radius 3 is 2.69 bits per heavy atom. The molecule has 0 bridgehead atoms. The van der Waals surface area contributed by atoms with Crippen LogP contribution < -0.4 is 5.32 Å². The van der Waals surface area contributed by atoms with Gasteiger partial charge in [-0.3, -0.25) is 4.79 Å². The highest BCUT2D eigenvalue weighted by molar-refractivity contribution is 9.10. The smallest absolute Gasteiger partial charge is 0.224 e. The lowest BCUT2D eigenvalue weighted by Crippen LogP contribution is -2.14. The van der Waals surface area contributed by atoms with Crippen LogP contribution in [0.5, 0.6) is 0 Å². The maximum atomic E-state index is 13.3. The fourth-order valence-corrected chi connectivity index (χ4v) is 3.81. The van der Waals surface area contributed by atoms with Crippen molar-refractivity contribution < 1.29 is 9.18 Å². The molecule has 0 atom stereocenters. The number of halogens is 2. The number of fused-ring (bicyclic) bond motifs is 1. The SMILES string of the molecule is Cc1cc(Br)ccc1NC(=O)CCc1c(-c2ccc(F)cc2)nc2ccccn12.